The topological polar surface area (TPSA) is 59.2 Å². The van der Waals surface area contributed by atoms with Crippen LogP contribution in [0.5, 0.6) is 0 Å². The molecule has 6 heteroatoms. The normalized spacial score (nSPS) is 11.4. The van der Waals surface area contributed by atoms with E-state index in [9.17, 15) is 4.79 Å². The molecule has 2 aromatic carbocycles. The summed E-state index contributed by atoms with van der Waals surface area (Å²) in [5, 5.41) is 8.54. The number of thioether (sulfide) groups is 1. The van der Waals surface area contributed by atoms with E-state index in [4.69, 9.17) is 4.42 Å². The summed E-state index contributed by atoms with van der Waals surface area (Å²) >= 11 is 1.27. The summed E-state index contributed by atoms with van der Waals surface area (Å²) in [5.41, 5.74) is 1.74. The maximum absolute atomic E-state index is 12.9. The van der Waals surface area contributed by atoms with Gasteiger partial charge in [0.25, 0.3) is 5.22 Å². The van der Waals surface area contributed by atoms with E-state index in [1.165, 1.54) is 11.8 Å². The largest absolute Gasteiger partial charge is 0.415 e. The zero-order chi connectivity index (χ0) is 19.3. The number of aromatic nitrogens is 2. The second-order valence-corrected chi connectivity index (χ2v) is 8.14. The van der Waals surface area contributed by atoms with Crippen LogP contribution in [0.2, 0.25) is 0 Å². The highest BCUT2D eigenvalue weighted by Gasteiger charge is 2.23. The summed E-state index contributed by atoms with van der Waals surface area (Å²) in [6.07, 6.45) is 0. The Morgan fingerprint density at radius 1 is 1.00 bits per heavy atom. The van der Waals surface area contributed by atoms with Crippen molar-refractivity contribution in [1.82, 2.24) is 10.2 Å². The number of hydrogen-bond donors (Lipinski definition) is 0. The molecule has 0 saturated carbocycles. The first-order valence-corrected chi connectivity index (χ1v) is 9.78. The van der Waals surface area contributed by atoms with Gasteiger partial charge in [-0.05, 0) is 17.7 Å². The van der Waals surface area contributed by atoms with Gasteiger partial charge in [0.15, 0.2) is 0 Å². The lowest BCUT2D eigenvalue weighted by Gasteiger charge is -2.22. The maximum Gasteiger partial charge on any atom is 0.277 e. The van der Waals surface area contributed by atoms with Crippen molar-refractivity contribution >= 4 is 23.4 Å². The molecule has 3 aromatic rings. The van der Waals surface area contributed by atoms with Gasteiger partial charge in [-0.15, -0.1) is 10.2 Å². The first-order chi connectivity index (χ1) is 12.9. The molecule has 0 aliphatic rings. The van der Waals surface area contributed by atoms with Gasteiger partial charge < -0.3 is 9.32 Å². The average molecular weight is 382 g/mol. The van der Waals surface area contributed by atoms with Gasteiger partial charge in [-0.3, -0.25) is 4.79 Å². The van der Waals surface area contributed by atoms with E-state index >= 15 is 0 Å². The summed E-state index contributed by atoms with van der Waals surface area (Å²) in [5.74, 6) is 0.792. The minimum absolute atomic E-state index is 0.00874. The SMILES string of the molecule is CC(C)(C)c1nnc(SCC(=O)N(Cc2ccccc2)c2ccccc2)o1. The highest BCUT2D eigenvalue weighted by atomic mass is 32.2. The number of rotatable bonds is 6. The molecule has 1 heterocycles. The molecular formula is C21H23N3O2S. The first kappa shape index (κ1) is 19.2. The van der Waals surface area contributed by atoms with Crippen molar-refractivity contribution in [2.24, 2.45) is 0 Å². The van der Waals surface area contributed by atoms with Gasteiger partial charge in [0.1, 0.15) is 0 Å². The van der Waals surface area contributed by atoms with Gasteiger partial charge >= 0.3 is 0 Å². The third kappa shape index (κ3) is 5.20. The van der Waals surface area contributed by atoms with Gasteiger partial charge in [0, 0.05) is 11.1 Å². The van der Waals surface area contributed by atoms with E-state index in [-0.39, 0.29) is 17.1 Å². The van der Waals surface area contributed by atoms with E-state index in [1.807, 2.05) is 81.4 Å². The highest BCUT2D eigenvalue weighted by Crippen LogP contribution is 2.26. The molecule has 140 valence electrons. The van der Waals surface area contributed by atoms with E-state index in [2.05, 4.69) is 10.2 Å². The smallest absolute Gasteiger partial charge is 0.277 e. The minimum atomic E-state index is -0.209. The Bertz CT molecular complexity index is 873. The molecule has 0 fully saturated rings. The second-order valence-electron chi connectivity index (χ2n) is 7.21. The summed E-state index contributed by atoms with van der Waals surface area (Å²) < 4.78 is 5.67. The Kier molecular flexibility index (Phi) is 5.96. The molecular weight excluding hydrogens is 358 g/mol. The van der Waals surface area contributed by atoms with Gasteiger partial charge in [-0.1, -0.05) is 81.1 Å². The molecule has 0 aliphatic heterocycles. The lowest BCUT2D eigenvalue weighted by atomic mass is 9.97. The van der Waals surface area contributed by atoms with Gasteiger partial charge in [0.2, 0.25) is 11.8 Å². The molecule has 0 N–H and O–H groups in total. The number of amides is 1. The Morgan fingerprint density at radius 2 is 1.63 bits per heavy atom. The van der Waals surface area contributed by atoms with Crippen molar-refractivity contribution in [2.45, 2.75) is 38.0 Å². The number of carbonyl (C=O) groups is 1. The summed E-state index contributed by atoms with van der Waals surface area (Å²) in [7, 11) is 0. The third-order valence-corrected chi connectivity index (χ3v) is 4.72. The summed E-state index contributed by atoms with van der Waals surface area (Å²) in [6.45, 7) is 6.55. The number of nitrogens with zero attached hydrogens (tertiary/aromatic N) is 3. The van der Waals surface area contributed by atoms with Crippen LogP contribution in [-0.2, 0) is 16.8 Å². The van der Waals surface area contributed by atoms with Crippen LogP contribution >= 0.6 is 11.8 Å². The highest BCUT2D eigenvalue weighted by molar-refractivity contribution is 7.99. The molecule has 0 spiro atoms. The van der Waals surface area contributed by atoms with Crippen LogP contribution in [0.3, 0.4) is 0 Å². The van der Waals surface area contributed by atoms with Gasteiger partial charge in [0.05, 0.1) is 12.3 Å². The number of carbonyl (C=O) groups excluding carboxylic acids is 1. The average Bonchev–Trinajstić information content (AvgIpc) is 3.15. The van der Waals surface area contributed by atoms with Crippen LogP contribution in [0, 0.1) is 0 Å². The van der Waals surface area contributed by atoms with E-state index < -0.39 is 0 Å². The van der Waals surface area contributed by atoms with Crippen molar-refractivity contribution in [3.05, 3.63) is 72.1 Å². The Labute approximate surface area is 163 Å². The quantitative estimate of drug-likeness (QED) is 0.580. The molecule has 0 bridgehead atoms. The number of para-hydroxylation sites is 1. The van der Waals surface area contributed by atoms with Crippen molar-refractivity contribution in [3.63, 3.8) is 0 Å². The van der Waals surface area contributed by atoms with Crippen LogP contribution < -0.4 is 4.90 Å². The fourth-order valence-corrected chi connectivity index (χ4v) is 3.11. The molecule has 0 atom stereocenters. The fraction of sp³-hybridized carbons (Fsp3) is 0.286. The standard InChI is InChI=1S/C21H23N3O2S/c1-21(2,3)19-22-23-20(26-19)27-15-18(25)24(17-12-8-5-9-13-17)14-16-10-6-4-7-11-16/h4-13H,14-15H2,1-3H3. The fourth-order valence-electron chi connectivity index (χ4n) is 2.47. The molecule has 0 radical (unpaired) electrons. The van der Waals surface area contributed by atoms with Gasteiger partial charge in [-0.25, -0.2) is 0 Å². The number of hydrogen-bond acceptors (Lipinski definition) is 5. The van der Waals surface area contributed by atoms with Crippen molar-refractivity contribution in [3.8, 4) is 0 Å². The monoisotopic (exact) mass is 381 g/mol. The second kappa shape index (κ2) is 8.39. The maximum atomic E-state index is 12.9. The minimum Gasteiger partial charge on any atom is -0.415 e. The lowest BCUT2D eigenvalue weighted by Crippen LogP contribution is -2.31. The lowest BCUT2D eigenvalue weighted by molar-refractivity contribution is -0.116. The Hall–Kier alpha value is -2.60. The van der Waals surface area contributed by atoms with E-state index in [0.717, 1.165) is 11.3 Å². The Balaban J connectivity index is 1.72. The third-order valence-electron chi connectivity index (χ3n) is 3.92. The molecule has 3 rings (SSSR count). The van der Waals surface area contributed by atoms with E-state index in [1.54, 1.807) is 4.90 Å². The zero-order valence-corrected chi connectivity index (χ0v) is 16.6. The Morgan fingerprint density at radius 3 is 2.22 bits per heavy atom. The first-order valence-electron chi connectivity index (χ1n) is 8.79. The van der Waals surface area contributed by atoms with Crippen molar-refractivity contribution in [1.29, 1.82) is 0 Å². The van der Waals surface area contributed by atoms with Crippen LogP contribution in [0.1, 0.15) is 32.2 Å². The van der Waals surface area contributed by atoms with Crippen LogP contribution in [0.4, 0.5) is 5.69 Å². The summed E-state index contributed by atoms with van der Waals surface area (Å²) in [6, 6.07) is 19.6. The number of benzene rings is 2. The predicted molar refractivity (Wildman–Crippen MR) is 108 cm³/mol. The van der Waals surface area contributed by atoms with Crippen molar-refractivity contribution < 1.29 is 9.21 Å². The van der Waals surface area contributed by atoms with Crippen molar-refractivity contribution in [2.75, 3.05) is 10.7 Å². The summed E-state index contributed by atoms with van der Waals surface area (Å²) in [4.78, 5) is 14.7. The molecule has 1 amide bonds. The van der Waals surface area contributed by atoms with Gasteiger partial charge in [-0.2, -0.15) is 0 Å². The zero-order valence-electron chi connectivity index (χ0n) is 15.8. The molecule has 1 aromatic heterocycles. The molecule has 0 unspecified atom stereocenters. The predicted octanol–water partition coefficient (Wildman–Crippen LogP) is 4.69. The number of anilines is 1. The molecule has 27 heavy (non-hydrogen) atoms. The van der Waals surface area contributed by atoms with Crippen LogP contribution in [0.15, 0.2) is 70.3 Å². The van der Waals surface area contributed by atoms with Crippen LogP contribution in [0.25, 0.3) is 0 Å². The van der Waals surface area contributed by atoms with E-state index in [0.29, 0.717) is 17.7 Å². The molecule has 5 nitrogen and oxygen atoms in total. The molecule has 0 aliphatic carbocycles. The molecule has 0 saturated heterocycles. The van der Waals surface area contributed by atoms with Crippen LogP contribution in [-0.4, -0.2) is 21.9 Å².